The van der Waals surface area contributed by atoms with E-state index in [-0.39, 0.29) is 0 Å². The van der Waals surface area contributed by atoms with Gasteiger partial charge in [0.05, 0.1) is 0 Å². The third-order valence-electron chi connectivity index (χ3n) is 4.04. The molecule has 0 N–H and O–H groups in total. The zero-order valence-electron chi connectivity index (χ0n) is 10.2. The SMILES string of the molecule is C1=CN2c3ccccc3CC2Cc2ccccc21. The Morgan fingerprint density at radius 3 is 2.50 bits per heavy atom. The van der Waals surface area contributed by atoms with Gasteiger partial charge in [0.2, 0.25) is 0 Å². The number of benzene rings is 2. The zero-order valence-corrected chi connectivity index (χ0v) is 10.2. The quantitative estimate of drug-likeness (QED) is 0.671. The fraction of sp³-hybridized carbons (Fsp3) is 0.176. The molecule has 18 heavy (non-hydrogen) atoms. The first kappa shape index (κ1) is 9.95. The van der Waals surface area contributed by atoms with Crippen LogP contribution in [0.1, 0.15) is 16.7 Å². The maximum absolute atomic E-state index is 2.44. The lowest BCUT2D eigenvalue weighted by atomic mass is 9.99. The molecule has 0 saturated carbocycles. The van der Waals surface area contributed by atoms with Crippen LogP contribution in [0.3, 0.4) is 0 Å². The predicted octanol–water partition coefficient (Wildman–Crippen LogP) is 3.64. The van der Waals surface area contributed by atoms with Crippen molar-refractivity contribution < 1.29 is 0 Å². The molecule has 0 aromatic heterocycles. The summed E-state index contributed by atoms with van der Waals surface area (Å²) in [5.41, 5.74) is 5.69. The van der Waals surface area contributed by atoms with Crippen LogP contribution >= 0.6 is 0 Å². The van der Waals surface area contributed by atoms with Crippen LogP contribution in [0.2, 0.25) is 0 Å². The van der Waals surface area contributed by atoms with Crippen LogP contribution in [-0.2, 0) is 12.8 Å². The lowest BCUT2D eigenvalue weighted by Gasteiger charge is -2.22. The Morgan fingerprint density at radius 1 is 0.833 bits per heavy atom. The van der Waals surface area contributed by atoms with Gasteiger partial charge in [-0.1, -0.05) is 42.5 Å². The summed E-state index contributed by atoms with van der Waals surface area (Å²) in [6, 6.07) is 18.1. The van der Waals surface area contributed by atoms with Crippen molar-refractivity contribution in [3.8, 4) is 0 Å². The monoisotopic (exact) mass is 233 g/mol. The predicted molar refractivity (Wildman–Crippen MR) is 75.6 cm³/mol. The van der Waals surface area contributed by atoms with Crippen molar-refractivity contribution in [3.63, 3.8) is 0 Å². The number of hydrogen-bond acceptors (Lipinski definition) is 1. The minimum atomic E-state index is 0.585. The van der Waals surface area contributed by atoms with Crippen LogP contribution in [0.15, 0.2) is 54.7 Å². The van der Waals surface area contributed by atoms with E-state index in [0.29, 0.717) is 6.04 Å². The highest BCUT2D eigenvalue weighted by Crippen LogP contribution is 2.36. The fourth-order valence-corrected chi connectivity index (χ4v) is 3.15. The highest BCUT2D eigenvalue weighted by atomic mass is 15.2. The van der Waals surface area contributed by atoms with Crippen LogP contribution in [0, 0.1) is 0 Å². The Labute approximate surface area is 107 Å². The summed E-state index contributed by atoms with van der Waals surface area (Å²) in [6.45, 7) is 0. The summed E-state index contributed by atoms with van der Waals surface area (Å²) >= 11 is 0. The van der Waals surface area contributed by atoms with Gasteiger partial charge in [0.25, 0.3) is 0 Å². The number of para-hydroxylation sites is 1. The van der Waals surface area contributed by atoms with Crippen molar-refractivity contribution in [1.82, 2.24) is 0 Å². The van der Waals surface area contributed by atoms with E-state index >= 15 is 0 Å². The molecule has 1 atom stereocenters. The molecule has 1 nitrogen and oxygen atoms in total. The van der Waals surface area contributed by atoms with E-state index in [1.807, 2.05) is 0 Å². The van der Waals surface area contributed by atoms with Crippen molar-refractivity contribution in [2.24, 2.45) is 0 Å². The van der Waals surface area contributed by atoms with Crippen molar-refractivity contribution in [1.29, 1.82) is 0 Å². The standard InChI is InChI=1S/C17H15N/c1-2-6-14-11-16-12-15-7-3-4-8-17(15)18(16)10-9-13(14)5-1/h1-10,16H,11-12H2. The molecule has 88 valence electrons. The van der Waals surface area contributed by atoms with Crippen LogP contribution in [-0.4, -0.2) is 6.04 Å². The molecule has 2 heterocycles. The minimum Gasteiger partial charge on any atom is -0.344 e. The van der Waals surface area contributed by atoms with E-state index in [4.69, 9.17) is 0 Å². The first-order valence-corrected chi connectivity index (χ1v) is 6.54. The van der Waals surface area contributed by atoms with Gasteiger partial charge < -0.3 is 4.90 Å². The van der Waals surface area contributed by atoms with Crippen LogP contribution in [0.5, 0.6) is 0 Å². The summed E-state index contributed by atoms with van der Waals surface area (Å²) in [5, 5.41) is 0. The molecule has 1 heteroatoms. The van der Waals surface area contributed by atoms with Gasteiger partial charge in [0.1, 0.15) is 0 Å². The molecule has 0 radical (unpaired) electrons. The van der Waals surface area contributed by atoms with E-state index < -0.39 is 0 Å². The largest absolute Gasteiger partial charge is 0.344 e. The smallest absolute Gasteiger partial charge is 0.0442 e. The van der Waals surface area contributed by atoms with Gasteiger partial charge in [0, 0.05) is 17.9 Å². The van der Waals surface area contributed by atoms with Gasteiger partial charge in [-0.2, -0.15) is 0 Å². The van der Waals surface area contributed by atoms with Crippen molar-refractivity contribution in [2.45, 2.75) is 18.9 Å². The van der Waals surface area contributed by atoms with E-state index in [0.717, 1.165) is 12.8 Å². The van der Waals surface area contributed by atoms with Gasteiger partial charge in [-0.3, -0.25) is 0 Å². The summed E-state index contributed by atoms with van der Waals surface area (Å²) in [6.07, 6.45) is 6.80. The van der Waals surface area contributed by atoms with E-state index in [2.05, 4.69) is 65.7 Å². The van der Waals surface area contributed by atoms with Crippen molar-refractivity contribution in [2.75, 3.05) is 4.90 Å². The average Bonchev–Trinajstić information content (AvgIpc) is 2.65. The second kappa shape index (κ2) is 3.74. The molecule has 2 aromatic carbocycles. The lowest BCUT2D eigenvalue weighted by molar-refractivity contribution is 0.683. The number of hydrogen-bond donors (Lipinski definition) is 0. The van der Waals surface area contributed by atoms with Crippen LogP contribution in [0.25, 0.3) is 6.08 Å². The highest BCUT2D eigenvalue weighted by molar-refractivity contribution is 5.68. The Kier molecular flexibility index (Phi) is 2.07. The number of fused-ring (bicyclic) bond motifs is 4. The van der Waals surface area contributed by atoms with Gasteiger partial charge in [0.15, 0.2) is 0 Å². The molecule has 1 unspecified atom stereocenters. The Morgan fingerprint density at radius 2 is 1.56 bits per heavy atom. The van der Waals surface area contributed by atoms with Crippen LogP contribution < -0.4 is 4.90 Å². The second-order valence-corrected chi connectivity index (χ2v) is 5.11. The van der Waals surface area contributed by atoms with Gasteiger partial charge in [-0.15, -0.1) is 0 Å². The minimum absolute atomic E-state index is 0.585. The molecule has 0 amide bonds. The molecular weight excluding hydrogens is 218 g/mol. The van der Waals surface area contributed by atoms with E-state index in [9.17, 15) is 0 Å². The number of anilines is 1. The third kappa shape index (κ3) is 1.40. The topological polar surface area (TPSA) is 3.24 Å². The maximum atomic E-state index is 2.44. The van der Waals surface area contributed by atoms with E-state index in [1.165, 1.54) is 22.4 Å². The third-order valence-corrected chi connectivity index (χ3v) is 4.04. The molecule has 0 aliphatic carbocycles. The Bertz CT molecular complexity index is 627. The molecule has 4 rings (SSSR count). The molecular formula is C17H15N. The maximum Gasteiger partial charge on any atom is 0.0442 e. The normalized spacial score (nSPS) is 20.0. The molecule has 0 fully saturated rings. The Balaban J connectivity index is 1.81. The van der Waals surface area contributed by atoms with Crippen molar-refractivity contribution in [3.05, 3.63) is 71.4 Å². The average molecular weight is 233 g/mol. The molecule has 2 aliphatic rings. The molecule has 0 bridgehead atoms. The van der Waals surface area contributed by atoms with E-state index in [1.54, 1.807) is 0 Å². The second-order valence-electron chi connectivity index (χ2n) is 5.11. The molecule has 0 saturated heterocycles. The van der Waals surface area contributed by atoms with Gasteiger partial charge in [-0.25, -0.2) is 0 Å². The van der Waals surface area contributed by atoms with Crippen molar-refractivity contribution >= 4 is 11.8 Å². The zero-order chi connectivity index (χ0) is 11.9. The number of rotatable bonds is 0. The highest BCUT2D eigenvalue weighted by Gasteiger charge is 2.29. The fourth-order valence-electron chi connectivity index (χ4n) is 3.15. The summed E-state index contributed by atoms with van der Waals surface area (Å²) < 4.78 is 0. The van der Waals surface area contributed by atoms with Gasteiger partial charge >= 0.3 is 0 Å². The lowest BCUT2D eigenvalue weighted by Crippen LogP contribution is -2.27. The summed E-state index contributed by atoms with van der Waals surface area (Å²) in [5.74, 6) is 0. The van der Waals surface area contributed by atoms with Gasteiger partial charge in [-0.05, 0) is 41.7 Å². The number of nitrogens with zero attached hydrogens (tertiary/aromatic N) is 1. The first-order chi connectivity index (χ1) is 8.92. The van der Waals surface area contributed by atoms with Crippen LogP contribution in [0.4, 0.5) is 5.69 Å². The first-order valence-electron chi connectivity index (χ1n) is 6.54. The molecule has 2 aromatic rings. The molecule has 2 aliphatic heterocycles. The Hall–Kier alpha value is -2.02. The summed E-state index contributed by atoms with van der Waals surface area (Å²) in [4.78, 5) is 2.44. The summed E-state index contributed by atoms with van der Waals surface area (Å²) in [7, 11) is 0. The molecule has 0 spiro atoms.